The maximum Gasteiger partial charge on any atom is 0.269 e. The van der Waals surface area contributed by atoms with E-state index in [2.05, 4.69) is 42.3 Å². The van der Waals surface area contributed by atoms with Gasteiger partial charge in [0.05, 0.1) is 0 Å². The summed E-state index contributed by atoms with van der Waals surface area (Å²) < 4.78 is 0. The third-order valence-electron chi connectivity index (χ3n) is 4.97. The van der Waals surface area contributed by atoms with Crippen molar-refractivity contribution in [3.8, 4) is 0 Å². The van der Waals surface area contributed by atoms with Gasteiger partial charge in [-0.3, -0.25) is 30.6 Å². The zero-order valence-electron chi connectivity index (χ0n) is 19.1. The second kappa shape index (κ2) is 10.7. The Morgan fingerprint density at radius 3 is 1.76 bits per heavy atom. The monoisotopic (exact) mass is 474 g/mol. The van der Waals surface area contributed by atoms with Crippen LogP contribution in [0.5, 0.6) is 0 Å². The molecule has 3 aromatic carbocycles. The summed E-state index contributed by atoms with van der Waals surface area (Å²) in [6.45, 7) is 6.29. The Morgan fingerprint density at radius 2 is 1.18 bits per heavy atom. The largest absolute Gasteiger partial charge is 0.322 e. The molecule has 0 aliphatic heterocycles. The van der Waals surface area contributed by atoms with Crippen LogP contribution in [0.1, 0.15) is 57.4 Å². The Hall–Kier alpha value is -4.04. The highest BCUT2D eigenvalue weighted by atomic mass is 32.1. The van der Waals surface area contributed by atoms with Gasteiger partial charge in [-0.2, -0.15) is 0 Å². The van der Waals surface area contributed by atoms with E-state index in [1.807, 2.05) is 18.2 Å². The average molecular weight is 475 g/mol. The maximum absolute atomic E-state index is 12.4. The zero-order valence-corrected chi connectivity index (χ0v) is 20.0. The number of anilines is 1. The molecule has 3 aromatic rings. The molecule has 34 heavy (non-hydrogen) atoms. The summed E-state index contributed by atoms with van der Waals surface area (Å²) in [5.41, 5.74) is 7.95. The van der Waals surface area contributed by atoms with Crippen LogP contribution in [0, 0.1) is 0 Å². The van der Waals surface area contributed by atoms with Crippen molar-refractivity contribution in [2.24, 2.45) is 0 Å². The predicted molar refractivity (Wildman–Crippen MR) is 137 cm³/mol. The van der Waals surface area contributed by atoms with E-state index in [-0.39, 0.29) is 22.3 Å². The van der Waals surface area contributed by atoms with Crippen LogP contribution in [0.3, 0.4) is 0 Å². The highest BCUT2D eigenvalue weighted by Gasteiger charge is 2.15. The molecule has 0 radical (unpaired) electrons. The van der Waals surface area contributed by atoms with Gasteiger partial charge in [0, 0.05) is 22.4 Å². The second-order valence-electron chi connectivity index (χ2n) is 8.59. The van der Waals surface area contributed by atoms with Crippen LogP contribution >= 0.6 is 12.2 Å². The smallest absolute Gasteiger partial charge is 0.269 e. The molecule has 0 aliphatic carbocycles. The minimum atomic E-state index is -0.452. The Bertz CT molecular complexity index is 1190. The van der Waals surface area contributed by atoms with Crippen LogP contribution in [0.2, 0.25) is 0 Å². The summed E-state index contributed by atoms with van der Waals surface area (Å²) in [6, 6.07) is 22.5. The van der Waals surface area contributed by atoms with E-state index in [4.69, 9.17) is 12.2 Å². The molecule has 0 bridgehead atoms. The predicted octanol–water partition coefficient (Wildman–Crippen LogP) is 4.19. The lowest BCUT2D eigenvalue weighted by Crippen LogP contribution is -2.48. The van der Waals surface area contributed by atoms with Crippen molar-refractivity contribution in [3.63, 3.8) is 0 Å². The van der Waals surface area contributed by atoms with Gasteiger partial charge in [-0.15, -0.1) is 0 Å². The van der Waals surface area contributed by atoms with Gasteiger partial charge < -0.3 is 5.32 Å². The number of hydrogen-bond acceptors (Lipinski definition) is 4. The Morgan fingerprint density at radius 1 is 0.647 bits per heavy atom. The van der Waals surface area contributed by atoms with Gasteiger partial charge in [-0.05, 0) is 71.7 Å². The van der Waals surface area contributed by atoms with Gasteiger partial charge in [-0.1, -0.05) is 51.1 Å². The van der Waals surface area contributed by atoms with Gasteiger partial charge in [0.15, 0.2) is 5.11 Å². The van der Waals surface area contributed by atoms with Crippen molar-refractivity contribution in [3.05, 3.63) is 101 Å². The van der Waals surface area contributed by atoms with Crippen molar-refractivity contribution in [1.29, 1.82) is 0 Å². The van der Waals surface area contributed by atoms with Gasteiger partial charge in [0.2, 0.25) is 0 Å². The van der Waals surface area contributed by atoms with E-state index in [1.54, 1.807) is 60.7 Å². The number of carbonyl (C=O) groups is 3. The van der Waals surface area contributed by atoms with E-state index in [9.17, 15) is 14.4 Å². The highest BCUT2D eigenvalue weighted by Crippen LogP contribution is 2.22. The fourth-order valence-electron chi connectivity index (χ4n) is 3.01. The van der Waals surface area contributed by atoms with Crippen LogP contribution in [-0.2, 0) is 5.41 Å². The van der Waals surface area contributed by atoms with E-state index in [1.165, 1.54) is 0 Å². The molecule has 7 nitrogen and oxygen atoms in total. The van der Waals surface area contributed by atoms with Crippen molar-refractivity contribution in [2.75, 3.05) is 5.32 Å². The average Bonchev–Trinajstić information content (AvgIpc) is 2.83. The molecule has 0 fully saturated rings. The molecule has 0 saturated carbocycles. The third kappa shape index (κ3) is 6.73. The summed E-state index contributed by atoms with van der Waals surface area (Å²) in [4.78, 5) is 36.9. The lowest BCUT2D eigenvalue weighted by molar-refractivity contribution is 0.0934. The van der Waals surface area contributed by atoms with E-state index in [0.29, 0.717) is 22.4 Å². The van der Waals surface area contributed by atoms with Crippen molar-refractivity contribution in [2.45, 2.75) is 26.2 Å². The first-order valence-corrected chi connectivity index (χ1v) is 11.0. The number of amides is 3. The number of thiocarbonyl (C=S) groups is 1. The summed E-state index contributed by atoms with van der Waals surface area (Å²) in [6.07, 6.45) is 0. The number of benzene rings is 3. The zero-order chi connectivity index (χ0) is 24.7. The van der Waals surface area contributed by atoms with Crippen molar-refractivity contribution < 1.29 is 14.4 Å². The van der Waals surface area contributed by atoms with E-state index in [0.717, 1.165) is 5.56 Å². The first-order chi connectivity index (χ1) is 16.1. The van der Waals surface area contributed by atoms with Gasteiger partial charge in [0.25, 0.3) is 17.7 Å². The summed E-state index contributed by atoms with van der Waals surface area (Å²) in [5.74, 6) is -1.08. The van der Waals surface area contributed by atoms with Gasteiger partial charge >= 0.3 is 0 Å². The molecule has 4 N–H and O–H groups in total. The SMILES string of the molecule is CC(C)(C)c1ccc(C(=O)NC(=S)NNC(=O)c2ccc(NC(=O)c3ccccc3)cc2)cc1. The molecule has 8 heteroatoms. The van der Waals surface area contributed by atoms with Crippen molar-refractivity contribution in [1.82, 2.24) is 16.2 Å². The van der Waals surface area contributed by atoms with Crippen LogP contribution in [0.4, 0.5) is 5.69 Å². The fraction of sp³-hybridized carbons (Fsp3) is 0.154. The fourth-order valence-corrected chi connectivity index (χ4v) is 3.16. The van der Waals surface area contributed by atoms with Crippen LogP contribution < -0.4 is 21.5 Å². The highest BCUT2D eigenvalue weighted by molar-refractivity contribution is 7.80. The number of nitrogens with one attached hydrogen (secondary N) is 4. The van der Waals surface area contributed by atoms with Gasteiger partial charge in [0.1, 0.15) is 0 Å². The molecule has 0 heterocycles. The lowest BCUT2D eigenvalue weighted by atomic mass is 9.87. The minimum Gasteiger partial charge on any atom is -0.322 e. The molecular formula is C26H26N4O3S. The van der Waals surface area contributed by atoms with E-state index < -0.39 is 5.91 Å². The quantitative estimate of drug-likeness (QED) is 0.336. The first-order valence-electron chi connectivity index (χ1n) is 10.6. The second-order valence-corrected chi connectivity index (χ2v) is 9.00. The summed E-state index contributed by atoms with van der Waals surface area (Å²) >= 11 is 5.09. The molecule has 3 rings (SSSR count). The summed E-state index contributed by atoms with van der Waals surface area (Å²) in [5, 5.41) is 5.26. The topological polar surface area (TPSA) is 99.3 Å². The van der Waals surface area contributed by atoms with Crippen LogP contribution in [-0.4, -0.2) is 22.8 Å². The standard InChI is InChI=1S/C26H26N4O3S/c1-26(2,3)20-13-9-18(10-14-20)23(32)28-25(34)30-29-24(33)19-11-15-21(16-12-19)27-22(31)17-7-5-4-6-8-17/h4-16H,1-3H3,(H,27,31)(H,29,33)(H2,28,30,32,34). The molecule has 174 valence electrons. The molecular weight excluding hydrogens is 448 g/mol. The summed E-state index contributed by atoms with van der Waals surface area (Å²) in [7, 11) is 0. The van der Waals surface area contributed by atoms with Gasteiger partial charge in [-0.25, -0.2) is 0 Å². The maximum atomic E-state index is 12.4. The Kier molecular flexibility index (Phi) is 7.75. The molecule has 0 aromatic heterocycles. The first kappa shape index (κ1) is 24.6. The molecule has 0 aliphatic rings. The third-order valence-corrected chi connectivity index (χ3v) is 5.17. The normalized spacial score (nSPS) is 10.7. The lowest BCUT2D eigenvalue weighted by Gasteiger charge is -2.19. The minimum absolute atomic E-state index is 0.0121. The molecule has 0 saturated heterocycles. The Balaban J connectivity index is 1.48. The molecule has 3 amide bonds. The van der Waals surface area contributed by atoms with E-state index >= 15 is 0 Å². The molecule has 0 unspecified atom stereocenters. The number of hydrogen-bond donors (Lipinski definition) is 4. The number of carbonyl (C=O) groups excluding carboxylic acids is 3. The van der Waals surface area contributed by atoms with Crippen LogP contribution in [0.25, 0.3) is 0 Å². The number of rotatable bonds is 4. The number of hydrazine groups is 1. The molecule has 0 spiro atoms. The molecule has 0 atom stereocenters. The van der Waals surface area contributed by atoms with Crippen molar-refractivity contribution >= 4 is 40.7 Å². The van der Waals surface area contributed by atoms with Crippen LogP contribution in [0.15, 0.2) is 78.9 Å². The Labute approximate surface area is 203 Å².